The smallest absolute Gasteiger partial charge is 0.0595 e. The van der Waals surface area contributed by atoms with E-state index in [9.17, 15) is 0 Å². The Labute approximate surface area is 127 Å². The summed E-state index contributed by atoms with van der Waals surface area (Å²) in [5.74, 6) is 0. The molecule has 1 nitrogen and oxygen atoms in total. The normalized spacial score (nSPS) is 12.6. The molecule has 0 amide bonds. The van der Waals surface area contributed by atoms with Gasteiger partial charge in [-0.3, -0.25) is 0 Å². The SMILES string of the molecule is CCCCCC(Cc1ccc(Cl)c(Cl)c1)NCCC. The Balaban J connectivity index is 2.56. The second kappa shape index (κ2) is 9.63. The van der Waals surface area contributed by atoms with Crippen molar-refractivity contribution in [3.63, 3.8) is 0 Å². The molecule has 0 bridgehead atoms. The maximum Gasteiger partial charge on any atom is 0.0595 e. The van der Waals surface area contributed by atoms with Crippen molar-refractivity contribution in [3.05, 3.63) is 33.8 Å². The Kier molecular flexibility index (Phi) is 8.52. The van der Waals surface area contributed by atoms with Crippen LogP contribution in [0.3, 0.4) is 0 Å². The Hall–Kier alpha value is -0.240. The van der Waals surface area contributed by atoms with Gasteiger partial charge in [0.1, 0.15) is 0 Å². The molecule has 108 valence electrons. The van der Waals surface area contributed by atoms with Crippen LogP contribution in [-0.2, 0) is 6.42 Å². The van der Waals surface area contributed by atoms with Gasteiger partial charge in [0.05, 0.1) is 10.0 Å². The van der Waals surface area contributed by atoms with Crippen molar-refractivity contribution < 1.29 is 0 Å². The van der Waals surface area contributed by atoms with Gasteiger partial charge in [0, 0.05) is 6.04 Å². The molecule has 0 heterocycles. The minimum atomic E-state index is 0.545. The molecule has 0 radical (unpaired) electrons. The van der Waals surface area contributed by atoms with E-state index in [-0.39, 0.29) is 0 Å². The van der Waals surface area contributed by atoms with Crippen LogP contribution in [0.1, 0.15) is 51.5 Å². The first-order valence-corrected chi connectivity index (χ1v) is 8.10. The first-order valence-electron chi connectivity index (χ1n) is 7.34. The van der Waals surface area contributed by atoms with Crippen LogP contribution in [0.2, 0.25) is 10.0 Å². The lowest BCUT2D eigenvalue weighted by atomic mass is 10.0. The van der Waals surface area contributed by atoms with Crippen molar-refractivity contribution in [2.75, 3.05) is 6.54 Å². The number of nitrogens with one attached hydrogen (secondary N) is 1. The fraction of sp³-hybridized carbons (Fsp3) is 0.625. The molecule has 0 aliphatic carbocycles. The summed E-state index contributed by atoms with van der Waals surface area (Å²) in [6.45, 7) is 5.53. The average molecular weight is 302 g/mol. The van der Waals surface area contributed by atoms with Crippen molar-refractivity contribution in [2.45, 2.75) is 58.4 Å². The largest absolute Gasteiger partial charge is 0.314 e. The van der Waals surface area contributed by atoms with Crippen LogP contribution in [0.25, 0.3) is 0 Å². The zero-order chi connectivity index (χ0) is 14.1. The molecule has 0 aromatic heterocycles. The fourth-order valence-electron chi connectivity index (χ4n) is 2.22. The van der Waals surface area contributed by atoms with E-state index in [1.165, 1.54) is 37.7 Å². The zero-order valence-corrected chi connectivity index (χ0v) is 13.5. The molecule has 0 aliphatic rings. The molecule has 1 aromatic rings. The average Bonchev–Trinajstić information content (AvgIpc) is 2.40. The Morgan fingerprint density at radius 2 is 1.84 bits per heavy atom. The monoisotopic (exact) mass is 301 g/mol. The van der Waals surface area contributed by atoms with Crippen LogP contribution in [0, 0.1) is 0 Å². The lowest BCUT2D eigenvalue weighted by Gasteiger charge is -2.19. The number of rotatable bonds is 9. The minimum Gasteiger partial charge on any atom is -0.314 e. The standard InChI is InChI=1S/C16H25Cl2N/c1-3-5-6-7-14(19-10-4-2)11-13-8-9-15(17)16(18)12-13/h8-9,12,14,19H,3-7,10-11H2,1-2H3. The van der Waals surface area contributed by atoms with E-state index in [0.29, 0.717) is 16.1 Å². The van der Waals surface area contributed by atoms with Gasteiger partial charge in [-0.05, 0) is 43.5 Å². The third-order valence-corrected chi connectivity index (χ3v) is 4.04. The molecule has 3 heteroatoms. The van der Waals surface area contributed by atoms with E-state index in [4.69, 9.17) is 23.2 Å². The first-order chi connectivity index (χ1) is 9.17. The third-order valence-electron chi connectivity index (χ3n) is 3.31. The summed E-state index contributed by atoms with van der Waals surface area (Å²) in [6.07, 6.45) is 7.30. The summed E-state index contributed by atoms with van der Waals surface area (Å²) < 4.78 is 0. The van der Waals surface area contributed by atoms with E-state index < -0.39 is 0 Å². The molecule has 1 atom stereocenters. The zero-order valence-electron chi connectivity index (χ0n) is 12.0. The number of benzene rings is 1. The van der Waals surface area contributed by atoms with Gasteiger partial charge >= 0.3 is 0 Å². The maximum absolute atomic E-state index is 6.08. The molecule has 1 rings (SSSR count). The maximum atomic E-state index is 6.08. The molecule has 19 heavy (non-hydrogen) atoms. The van der Waals surface area contributed by atoms with E-state index in [0.717, 1.165) is 13.0 Å². The Morgan fingerprint density at radius 1 is 1.05 bits per heavy atom. The van der Waals surface area contributed by atoms with Crippen molar-refractivity contribution in [1.29, 1.82) is 0 Å². The molecule has 1 aromatic carbocycles. The third kappa shape index (κ3) is 6.65. The van der Waals surface area contributed by atoms with Gasteiger partial charge in [-0.1, -0.05) is 62.4 Å². The summed E-state index contributed by atoms with van der Waals surface area (Å²) in [5, 5.41) is 4.92. The molecule has 0 saturated heterocycles. The summed E-state index contributed by atoms with van der Waals surface area (Å²) >= 11 is 12.0. The molecule has 0 saturated carbocycles. The Bertz CT molecular complexity index is 366. The second-order valence-corrected chi connectivity index (χ2v) is 5.91. The van der Waals surface area contributed by atoms with Crippen LogP contribution >= 0.6 is 23.2 Å². The highest BCUT2D eigenvalue weighted by Crippen LogP contribution is 2.23. The van der Waals surface area contributed by atoms with Gasteiger partial charge in [-0.2, -0.15) is 0 Å². The summed E-state index contributed by atoms with van der Waals surface area (Å²) in [7, 11) is 0. The van der Waals surface area contributed by atoms with Crippen molar-refractivity contribution in [1.82, 2.24) is 5.32 Å². The van der Waals surface area contributed by atoms with Crippen molar-refractivity contribution in [2.24, 2.45) is 0 Å². The lowest BCUT2D eigenvalue weighted by molar-refractivity contribution is 0.456. The molecule has 0 spiro atoms. The molecular formula is C16H25Cl2N. The predicted octanol–water partition coefficient (Wildman–Crippen LogP) is 5.48. The van der Waals surface area contributed by atoms with Crippen LogP contribution in [0.15, 0.2) is 18.2 Å². The quantitative estimate of drug-likeness (QED) is 0.595. The first kappa shape index (κ1) is 16.8. The van der Waals surface area contributed by atoms with Gasteiger partial charge in [0.25, 0.3) is 0 Å². The highest BCUT2D eigenvalue weighted by atomic mass is 35.5. The van der Waals surface area contributed by atoms with E-state index in [2.05, 4.69) is 25.2 Å². The lowest BCUT2D eigenvalue weighted by Crippen LogP contribution is -2.31. The van der Waals surface area contributed by atoms with Gasteiger partial charge in [0.15, 0.2) is 0 Å². The molecular weight excluding hydrogens is 277 g/mol. The van der Waals surface area contributed by atoms with Gasteiger partial charge in [-0.25, -0.2) is 0 Å². The van der Waals surface area contributed by atoms with Crippen LogP contribution in [0.5, 0.6) is 0 Å². The minimum absolute atomic E-state index is 0.545. The van der Waals surface area contributed by atoms with Crippen molar-refractivity contribution in [3.8, 4) is 0 Å². The predicted molar refractivity (Wildman–Crippen MR) is 86.4 cm³/mol. The van der Waals surface area contributed by atoms with Crippen LogP contribution < -0.4 is 5.32 Å². The Morgan fingerprint density at radius 3 is 2.47 bits per heavy atom. The molecule has 0 fully saturated rings. The van der Waals surface area contributed by atoms with E-state index >= 15 is 0 Å². The number of hydrogen-bond acceptors (Lipinski definition) is 1. The second-order valence-electron chi connectivity index (χ2n) is 5.10. The summed E-state index contributed by atoms with van der Waals surface area (Å²) in [4.78, 5) is 0. The summed E-state index contributed by atoms with van der Waals surface area (Å²) in [6, 6.07) is 6.50. The number of hydrogen-bond donors (Lipinski definition) is 1. The van der Waals surface area contributed by atoms with Gasteiger partial charge in [0.2, 0.25) is 0 Å². The van der Waals surface area contributed by atoms with Gasteiger partial charge < -0.3 is 5.32 Å². The van der Waals surface area contributed by atoms with Crippen LogP contribution in [0.4, 0.5) is 0 Å². The van der Waals surface area contributed by atoms with Crippen LogP contribution in [-0.4, -0.2) is 12.6 Å². The van der Waals surface area contributed by atoms with E-state index in [1.54, 1.807) is 0 Å². The summed E-state index contributed by atoms with van der Waals surface area (Å²) in [5.41, 5.74) is 1.26. The molecule has 1 unspecified atom stereocenters. The molecule has 0 aliphatic heterocycles. The number of unbranched alkanes of at least 4 members (excludes halogenated alkanes) is 2. The fourth-order valence-corrected chi connectivity index (χ4v) is 2.54. The van der Waals surface area contributed by atoms with E-state index in [1.807, 2.05) is 12.1 Å². The highest BCUT2D eigenvalue weighted by molar-refractivity contribution is 6.42. The topological polar surface area (TPSA) is 12.0 Å². The molecule has 1 N–H and O–H groups in total. The van der Waals surface area contributed by atoms with Gasteiger partial charge in [-0.15, -0.1) is 0 Å². The highest BCUT2D eigenvalue weighted by Gasteiger charge is 2.09. The van der Waals surface area contributed by atoms with Crippen molar-refractivity contribution >= 4 is 23.2 Å². The number of halogens is 2.